The quantitative estimate of drug-likeness (QED) is 0.496. The van der Waals surface area contributed by atoms with E-state index in [0.29, 0.717) is 0 Å². The van der Waals surface area contributed by atoms with Crippen LogP contribution in [0.3, 0.4) is 0 Å². The Morgan fingerprint density at radius 3 is 2.75 bits per heavy atom. The Balaban J connectivity index is 2.22. The maximum atomic E-state index is 10.1. The Hall–Kier alpha value is -0.370. The molecule has 0 aliphatic carbocycles. The first-order chi connectivity index (χ1) is 3.93. The van der Waals surface area contributed by atoms with E-state index in [2.05, 4.69) is 5.32 Å². The molecule has 1 N–H and O–H groups in total. The molecule has 2 nitrogen and oxygen atoms in total. The van der Waals surface area contributed by atoms with Crippen LogP contribution in [0, 0.1) is 0 Å². The van der Waals surface area contributed by atoms with Crippen LogP contribution in [-0.4, -0.2) is 18.9 Å². The summed E-state index contributed by atoms with van der Waals surface area (Å²) in [6, 6.07) is 0.156. The smallest absolute Gasteiger partial charge is 0.136 e. The first kappa shape index (κ1) is 5.76. The second kappa shape index (κ2) is 2.82. The summed E-state index contributed by atoms with van der Waals surface area (Å²) < 4.78 is 0. The van der Waals surface area contributed by atoms with E-state index >= 15 is 0 Å². The van der Waals surface area contributed by atoms with E-state index in [4.69, 9.17) is 0 Å². The maximum Gasteiger partial charge on any atom is 0.136 e. The van der Waals surface area contributed by atoms with Gasteiger partial charge in [0.25, 0.3) is 0 Å². The van der Waals surface area contributed by atoms with Crippen LogP contribution in [0.2, 0.25) is 0 Å². The van der Waals surface area contributed by atoms with Gasteiger partial charge in [0, 0.05) is 0 Å². The van der Waals surface area contributed by atoms with Gasteiger partial charge in [0.2, 0.25) is 0 Å². The molecule has 1 aliphatic heterocycles. The largest absolute Gasteiger partial charge is 0.308 e. The van der Waals surface area contributed by atoms with Crippen molar-refractivity contribution in [2.75, 3.05) is 6.54 Å². The number of hydrogen-bond donors (Lipinski definition) is 1. The summed E-state index contributed by atoms with van der Waals surface area (Å²) in [5.41, 5.74) is 0. The van der Waals surface area contributed by atoms with E-state index in [1.807, 2.05) is 0 Å². The van der Waals surface area contributed by atoms with Crippen molar-refractivity contribution in [2.24, 2.45) is 0 Å². The summed E-state index contributed by atoms with van der Waals surface area (Å²) in [7, 11) is 0. The molecule has 1 rings (SSSR count). The summed E-state index contributed by atoms with van der Waals surface area (Å²) in [6.07, 6.45) is 4.46. The van der Waals surface area contributed by atoms with Crippen LogP contribution in [0.1, 0.15) is 19.3 Å². The number of carbonyl (C=O) groups is 1. The lowest BCUT2D eigenvalue weighted by atomic mass is 10.1. The predicted molar refractivity (Wildman–Crippen MR) is 31.7 cm³/mol. The minimum absolute atomic E-state index is 0.156. The van der Waals surface area contributed by atoms with E-state index in [9.17, 15) is 4.79 Å². The van der Waals surface area contributed by atoms with Gasteiger partial charge in [-0.3, -0.25) is 0 Å². The molecule has 1 saturated heterocycles. The molecule has 0 radical (unpaired) electrons. The highest BCUT2D eigenvalue weighted by molar-refractivity contribution is 5.57. The lowest BCUT2D eigenvalue weighted by molar-refractivity contribution is -0.110. The number of piperidine rings is 1. The number of hydrogen-bond acceptors (Lipinski definition) is 2. The van der Waals surface area contributed by atoms with Crippen LogP contribution >= 0.6 is 0 Å². The van der Waals surface area contributed by atoms with Crippen LogP contribution in [0.25, 0.3) is 0 Å². The molecule has 2 heteroatoms. The average molecular weight is 113 g/mol. The van der Waals surface area contributed by atoms with E-state index in [1.165, 1.54) is 12.8 Å². The van der Waals surface area contributed by atoms with E-state index in [-0.39, 0.29) is 6.04 Å². The third-order valence-corrected chi connectivity index (χ3v) is 1.51. The molecular formula is C6H11NO. The van der Waals surface area contributed by atoms with Crippen molar-refractivity contribution in [3.8, 4) is 0 Å². The molecule has 1 aliphatic rings. The number of nitrogens with one attached hydrogen (secondary N) is 1. The van der Waals surface area contributed by atoms with Crippen molar-refractivity contribution in [1.82, 2.24) is 5.32 Å². The lowest BCUT2D eigenvalue weighted by Gasteiger charge is -2.17. The van der Waals surface area contributed by atoms with Crippen LogP contribution in [0.15, 0.2) is 0 Å². The van der Waals surface area contributed by atoms with Crippen molar-refractivity contribution in [3.63, 3.8) is 0 Å². The fraction of sp³-hybridized carbons (Fsp3) is 0.833. The van der Waals surface area contributed by atoms with Crippen LogP contribution in [0.4, 0.5) is 0 Å². The topological polar surface area (TPSA) is 29.1 Å². The molecule has 1 heterocycles. The SMILES string of the molecule is O=C[C@@H]1CCCCN1. The van der Waals surface area contributed by atoms with Gasteiger partial charge in [0.15, 0.2) is 0 Å². The van der Waals surface area contributed by atoms with Gasteiger partial charge in [-0.2, -0.15) is 0 Å². The van der Waals surface area contributed by atoms with Crippen LogP contribution < -0.4 is 5.32 Å². The molecule has 8 heavy (non-hydrogen) atoms. The highest BCUT2D eigenvalue weighted by Crippen LogP contribution is 2.03. The minimum Gasteiger partial charge on any atom is -0.308 e. The standard InChI is InChI=1S/C6H11NO/c8-5-6-3-1-2-4-7-6/h5-7H,1-4H2/t6-/m0/s1. The molecule has 0 saturated carbocycles. The van der Waals surface area contributed by atoms with Gasteiger partial charge in [0.1, 0.15) is 6.29 Å². The Morgan fingerprint density at radius 2 is 2.38 bits per heavy atom. The zero-order valence-electron chi connectivity index (χ0n) is 4.89. The first-order valence-corrected chi connectivity index (χ1v) is 3.12. The summed E-state index contributed by atoms with van der Waals surface area (Å²) >= 11 is 0. The maximum absolute atomic E-state index is 10.1. The van der Waals surface area contributed by atoms with Crippen LogP contribution in [-0.2, 0) is 4.79 Å². The van der Waals surface area contributed by atoms with Crippen molar-refractivity contribution < 1.29 is 4.79 Å². The second-order valence-corrected chi connectivity index (χ2v) is 2.19. The molecule has 0 bridgehead atoms. The number of aldehydes is 1. The van der Waals surface area contributed by atoms with Gasteiger partial charge < -0.3 is 10.1 Å². The van der Waals surface area contributed by atoms with E-state index in [1.54, 1.807) is 0 Å². The summed E-state index contributed by atoms with van der Waals surface area (Å²) in [5.74, 6) is 0. The van der Waals surface area contributed by atoms with Crippen molar-refractivity contribution in [1.29, 1.82) is 0 Å². The Labute approximate surface area is 49.3 Å². The van der Waals surface area contributed by atoms with Gasteiger partial charge in [-0.1, -0.05) is 6.42 Å². The highest BCUT2D eigenvalue weighted by atomic mass is 16.1. The van der Waals surface area contributed by atoms with E-state index in [0.717, 1.165) is 19.3 Å². The zero-order valence-corrected chi connectivity index (χ0v) is 4.89. The Morgan fingerprint density at radius 1 is 1.50 bits per heavy atom. The van der Waals surface area contributed by atoms with Gasteiger partial charge in [0.05, 0.1) is 6.04 Å². The molecule has 0 aromatic rings. The molecule has 0 amide bonds. The van der Waals surface area contributed by atoms with E-state index < -0.39 is 0 Å². The van der Waals surface area contributed by atoms with Crippen molar-refractivity contribution in [2.45, 2.75) is 25.3 Å². The van der Waals surface area contributed by atoms with Crippen LogP contribution in [0.5, 0.6) is 0 Å². The number of rotatable bonds is 1. The monoisotopic (exact) mass is 113 g/mol. The summed E-state index contributed by atoms with van der Waals surface area (Å²) in [6.45, 7) is 1.02. The average Bonchev–Trinajstić information content (AvgIpc) is 1.90. The fourth-order valence-corrected chi connectivity index (χ4v) is 0.995. The molecule has 0 unspecified atom stereocenters. The zero-order chi connectivity index (χ0) is 5.82. The predicted octanol–water partition coefficient (Wildman–Crippen LogP) is 0.327. The fourth-order valence-electron chi connectivity index (χ4n) is 0.995. The Bertz CT molecular complexity index is 76.6. The van der Waals surface area contributed by atoms with Gasteiger partial charge in [-0.25, -0.2) is 0 Å². The Kier molecular flexibility index (Phi) is 2.03. The third kappa shape index (κ3) is 1.30. The van der Waals surface area contributed by atoms with Gasteiger partial charge in [-0.15, -0.1) is 0 Å². The lowest BCUT2D eigenvalue weighted by Crippen LogP contribution is -2.34. The van der Waals surface area contributed by atoms with Gasteiger partial charge >= 0.3 is 0 Å². The van der Waals surface area contributed by atoms with Crippen molar-refractivity contribution >= 4 is 6.29 Å². The molecule has 46 valence electrons. The summed E-state index contributed by atoms with van der Waals surface area (Å²) in [4.78, 5) is 10.1. The highest BCUT2D eigenvalue weighted by Gasteiger charge is 2.09. The normalized spacial score (nSPS) is 29.8. The molecule has 1 fully saturated rings. The molecule has 1 atom stereocenters. The molecule has 0 aromatic carbocycles. The number of carbonyl (C=O) groups excluding carboxylic acids is 1. The minimum atomic E-state index is 0.156. The second-order valence-electron chi connectivity index (χ2n) is 2.19. The third-order valence-electron chi connectivity index (χ3n) is 1.51. The van der Waals surface area contributed by atoms with Crippen molar-refractivity contribution in [3.05, 3.63) is 0 Å². The molecule has 0 spiro atoms. The summed E-state index contributed by atoms with van der Waals surface area (Å²) in [5, 5.41) is 3.10. The van der Waals surface area contributed by atoms with Gasteiger partial charge in [-0.05, 0) is 19.4 Å². The first-order valence-electron chi connectivity index (χ1n) is 3.12. The molecule has 0 aromatic heterocycles. The molecular weight excluding hydrogens is 102 g/mol.